The van der Waals surface area contributed by atoms with Crippen LogP contribution in [0.4, 0.5) is 0 Å². The van der Waals surface area contributed by atoms with Gasteiger partial charge >= 0.3 is 0 Å². The lowest BCUT2D eigenvalue weighted by molar-refractivity contribution is 0.577. The molecule has 1 aromatic heterocycles. The highest BCUT2D eigenvalue weighted by Gasteiger charge is 2.18. The highest BCUT2D eigenvalue weighted by atomic mass is 14.6. The maximum Gasteiger partial charge on any atom is 0.0273 e. The van der Waals surface area contributed by atoms with Crippen LogP contribution in [0.2, 0.25) is 0 Å². The van der Waals surface area contributed by atoms with E-state index in [0.717, 1.165) is 19.3 Å². The van der Waals surface area contributed by atoms with Crippen LogP contribution in [0.25, 0.3) is 11.1 Å². The van der Waals surface area contributed by atoms with Gasteiger partial charge in [-0.25, -0.2) is 0 Å². The minimum atomic E-state index is 0. The van der Waals surface area contributed by atoms with E-state index < -0.39 is 0 Å². The Kier molecular flexibility index (Phi) is 3.75. The molecule has 1 heterocycles. The Balaban J connectivity index is 0.00000120. The molecule has 0 fully saturated rings. The van der Waals surface area contributed by atoms with E-state index in [1.54, 1.807) is 0 Å². The predicted octanol–water partition coefficient (Wildman–Crippen LogP) is 2.73. The topological polar surface area (TPSA) is 73.9 Å². The molecule has 94 valence electrons. The highest BCUT2D eigenvalue weighted by molar-refractivity contribution is 5.68. The van der Waals surface area contributed by atoms with Gasteiger partial charge in [-0.05, 0) is 53.6 Å². The first-order valence-electron chi connectivity index (χ1n) is 6.11. The van der Waals surface area contributed by atoms with Crippen molar-refractivity contribution in [1.82, 2.24) is 11.1 Å². The Morgan fingerprint density at radius 3 is 2.67 bits per heavy atom. The number of rotatable bonds is 1. The summed E-state index contributed by atoms with van der Waals surface area (Å²) in [7, 11) is 0. The van der Waals surface area contributed by atoms with E-state index in [2.05, 4.69) is 35.3 Å². The van der Waals surface area contributed by atoms with Crippen LogP contribution in [0.5, 0.6) is 0 Å². The van der Waals surface area contributed by atoms with Gasteiger partial charge in [0.15, 0.2) is 0 Å². The van der Waals surface area contributed by atoms with Crippen molar-refractivity contribution in [2.75, 3.05) is 0 Å². The molecular weight excluding hydrogens is 222 g/mol. The van der Waals surface area contributed by atoms with E-state index in [1.807, 2.05) is 12.4 Å². The molecule has 0 radical (unpaired) electrons. The van der Waals surface area contributed by atoms with Crippen molar-refractivity contribution in [2.45, 2.75) is 25.3 Å². The molecule has 18 heavy (non-hydrogen) atoms. The average Bonchev–Trinajstić information content (AvgIpc) is 2.39. The number of hydrogen-bond donors (Lipinski definition) is 2. The summed E-state index contributed by atoms with van der Waals surface area (Å²) in [5.41, 5.74) is 11.5. The maximum absolute atomic E-state index is 6.08. The number of fused-ring (bicyclic) bond motifs is 1. The van der Waals surface area contributed by atoms with Gasteiger partial charge in [-0.1, -0.05) is 18.2 Å². The zero-order chi connectivity index (χ0) is 11.7. The van der Waals surface area contributed by atoms with E-state index in [1.165, 1.54) is 22.3 Å². The molecule has 3 heteroatoms. The van der Waals surface area contributed by atoms with Gasteiger partial charge in [0.05, 0.1) is 0 Å². The van der Waals surface area contributed by atoms with E-state index in [9.17, 15) is 0 Å². The standard InChI is InChI=1S/C15H16N2.H3N/c16-13-5-4-11-2-1-3-14(15(11)10-13)12-6-8-17-9-7-12;/h1-3,6-9,13H,4-5,10,16H2;1H3/t13-;/m1./s1. The smallest absolute Gasteiger partial charge is 0.0273 e. The molecule has 3 rings (SSSR count). The SMILES string of the molecule is N.N[C@@H]1CCc2cccc(-c3ccncc3)c2C1. The number of pyridine rings is 1. The summed E-state index contributed by atoms with van der Waals surface area (Å²) in [6.07, 6.45) is 6.89. The molecule has 3 nitrogen and oxygen atoms in total. The summed E-state index contributed by atoms with van der Waals surface area (Å²) in [6.45, 7) is 0. The summed E-state index contributed by atoms with van der Waals surface area (Å²) >= 11 is 0. The first kappa shape index (κ1) is 12.7. The van der Waals surface area contributed by atoms with Gasteiger partial charge in [-0.3, -0.25) is 4.98 Å². The van der Waals surface area contributed by atoms with Crippen molar-refractivity contribution in [3.8, 4) is 11.1 Å². The number of benzene rings is 1. The zero-order valence-corrected chi connectivity index (χ0v) is 10.5. The lowest BCUT2D eigenvalue weighted by Crippen LogP contribution is -2.28. The second kappa shape index (κ2) is 5.29. The fraction of sp³-hybridized carbons (Fsp3) is 0.267. The van der Waals surface area contributed by atoms with Crippen LogP contribution >= 0.6 is 0 Å². The van der Waals surface area contributed by atoms with E-state index >= 15 is 0 Å². The van der Waals surface area contributed by atoms with Gasteiger partial charge in [-0.2, -0.15) is 0 Å². The molecule has 0 spiro atoms. The lowest BCUT2D eigenvalue weighted by atomic mass is 9.84. The molecule has 0 amide bonds. The Morgan fingerprint density at radius 2 is 1.89 bits per heavy atom. The van der Waals surface area contributed by atoms with Crippen molar-refractivity contribution in [3.05, 3.63) is 53.9 Å². The van der Waals surface area contributed by atoms with Crippen LogP contribution in [-0.2, 0) is 12.8 Å². The van der Waals surface area contributed by atoms with Crippen molar-refractivity contribution >= 4 is 0 Å². The number of aryl methyl sites for hydroxylation is 1. The molecule has 1 aliphatic rings. The molecule has 1 aliphatic carbocycles. The summed E-state index contributed by atoms with van der Waals surface area (Å²) in [4.78, 5) is 4.07. The van der Waals surface area contributed by atoms with Crippen molar-refractivity contribution in [3.63, 3.8) is 0 Å². The highest BCUT2D eigenvalue weighted by Crippen LogP contribution is 2.30. The summed E-state index contributed by atoms with van der Waals surface area (Å²) in [5.74, 6) is 0. The van der Waals surface area contributed by atoms with Gasteiger partial charge in [0, 0.05) is 18.4 Å². The molecule has 0 bridgehead atoms. The Morgan fingerprint density at radius 1 is 1.11 bits per heavy atom. The molecule has 5 N–H and O–H groups in total. The number of nitrogens with two attached hydrogens (primary N) is 1. The number of nitrogens with zero attached hydrogens (tertiary/aromatic N) is 1. The van der Waals surface area contributed by atoms with Crippen molar-refractivity contribution in [2.24, 2.45) is 5.73 Å². The second-order valence-electron chi connectivity index (χ2n) is 4.68. The van der Waals surface area contributed by atoms with E-state index in [-0.39, 0.29) is 6.15 Å². The van der Waals surface area contributed by atoms with Gasteiger partial charge in [0.1, 0.15) is 0 Å². The number of aromatic nitrogens is 1. The monoisotopic (exact) mass is 241 g/mol. The predicted molar refractivity (Wildman–Crippen MR) is 74.7 cm³/mol. The van der Waals surface area contributed by atoms with Crippen LogP contribution in [0, 0.1) is 0 Å². The maximum atomic E-state index is 6.08. The van der Waals surface area contributed by atoms with Crippen LogP contribution < -0.4 is 11.9 Å². The fourth-order valence-corrected chi connectivity index (χ4v) is 2.62. The third kappa shape index (κ3) is 2.28. The Labute approximate surface area is 108 Å². The quantitative estimate of drug-likeness (QED) is 0.806. The molecule has 0 aliphatic heterocycles. The minimum absolute atomic E-state index is 0. The molecule has 2 aromatic rings. The molecule has 1 aromatic carbocycles. The zero-order valence-electron chi connectivity index (χ0n) is 10.5. The van der Waals surface area contributed by atoms with Gasteiger partial charge in [0.2, 0.25) is 0 Å². The van der Waals surface area contributed by atoms with Gasteiger partial charge in [0.25, 0.3) is 0 Å². The Hall–Kier alpha value is -1.71. The first-order chi connectivity index (χ1) is 8.34. The Bertz CT molecular complexity index is 523. The van der Waals surface area contributed by atoms with E-state index in [4.69, 9.17) is 5.73 Å². The third-order valence-electron chi connectivity index (χ3n) is 3.52. The largest absolute Gasteiger partial charge is 0.344 e. The average molecular weight is 241 g/mol. The number of hydrogen-bond acceptors (Lipinski definition) is 3. The molecular formula is C15H19N3. The van der Waals surface area contributed by atoms with Crippen molar-refractivity contribution in [1.29, 1.82) is 0 Å². The van der Waals surface area contributed by atoms with Crippen LogP contribution in [0.1, 0.15) is 17.5 Å². The van der Waals surface area contributed by atoms with Crippen LogP contribution in [0.15, 0.2) is 42.7 Å². The summed E-state index contributed by atoms with van der Waals surface area (Å²) in [6, 6.07) is 11.0. The first-order valence-corrected chi connectivity index (χ1v) is 6.11. The lowest BCUT2D eigenvalue weighted by Gasteiger charge is -2.24. The normalized spacial score (nSPS) is 17.7. The molecule has 0 saturated carbocycles. The van der Waals surface area contributed by atoms with Gasteiger partial charge in [-0.15, -0.1) is 0 Å². The minimum Gasteiger partial charge on any atom is -0.344 e. The van der Waals surface area contributed by atoms with Gasteiger partial charge < -0.3 is 11.9 Å². The van der Waals surface area contributed by atoms with Crippen LogP contribution in [-0.4, -0.2) is 11.0 Å². The fourth-order valence-electron chi connectivity index (χ4n) is 2.62. The molecule has 1 atom stereocenters. The summed E-state index contributed by atoms with van der Waals surface area (Å²) < 4.78 is 0. The third-order valence-corrected chi connectivity index (χ3v) is 3.52. The van der Waals surface area contributed by atoms with Crippen molar-refractivity contribution < 1.29 is 0 Å². The second-order valence-corrected chi connectivity index (χ2v) is 4.68. The summed E-state index contributed by atoms with van der Waals surface area (Å²) in [5, 5.41) is 0. The van der Waals surface area contributed by atoms with E-state index in [0.29, 0.717) is 6.04 Å². The molecule has 0 unspecified atom stereocenters. The van der Waals surface area contributed by atoms with Crippen LogP contribution in [0.3, 0.4) is 0 Å². The molecule has 0 saturated heterocycles.